The Kier molecular flexibility index (Phi) is 5.13. The fourth-order valence-electron chi connectivity index (χ4n) is 5.80. The van der Waals surface area contributed by atoms with E-state index in [1.54, 1.807) is 24.4 Å². The number of hydrogen-bond acceptors (Lipinski definition) is 6. The van der Waals surface area contributed by atoms with E-state index < -0.39 is 0 Å². The zero-order valence-corrected chi connectivity index (χ0v) is 20.8. The molecule has 2 fully saturated rings. The molecule has 2 aromatic heterocycles. The molecule has 0 radical (unpaired) electrons. The monoisotopic (exact) mass is 507 g/mol. The third kappa shape index (κ3) is 3.60. The standard InChI is InChI=1S/C30H25N3O5/c1-32-14-19(13-25-28(35)27-23(34)3-2-4-24(27)38-25)26-22(11-12-31-29(26)32)17-5-7-18(8-6-17)30(36)33-15-20-9-10-21(16-33)37-20/h2-8,11-14,20-21,34H,9-10,15-16H2,1H3/b25-13-/t20-,21?/m0/s1. The highest BCUT2D eigenvalue weighted by Gasteiger charge is 2.36. The Bertz CT molecular complexity index is 1640. The number of aromatic nitrogens is 2. The van der Waals surface area contributed by atoms with Crippen LogP contribution < -0.4 is 4.74 Å². The number of aromatic hydroxyl groups is 1. The fraction of sp³-hybridized carbons (Fsp3) is 0.233. The van der Waals surface area contributed by atoms with Gasteiger partial charge >= 0.3 is 0 Å². The number of fused-ring (bicyclic) bond motifs is 4. The van der Waals surface area contributed by atoms with Crippen LogP contribution in [0.1, 0.15) is 39.1 Å². The number of phenolic OH excluding ortho intramolecular Hbond substituents is 1. The van der Waals surface area contributed by atoms with Crippen LogP contribution >= 0.6 is 0 Å². The summed E-state index contributed by atoms with van der Waals surface area (Å²) in [7, 11) is 1.90. The number of amides is 1. The molecule has 2 saturated heterocycles. The van der Waals surface area contributed by atoms with Gasteiger partial charge in [-0.1, -0.05) is 18.2 Å². The van der Waals surface area contributed by atoms with E-state index in [1.165, 1.54) is 6.07 Å². The van der Waals surface area contributed by atoms with Gasteiger partial charge in [0, 0.05) is 49.0 Å². The summed E-state index contributed by atoms with van der Waals surface area (Å²) in [4.78, 5) is 32.6. The number of carbonyl (C=O) groups excluding carboxylic acids is 2. The van der Waals surface area contributed by atoms with Crippen molar-refractivity contribution in [1.82, 2.24) is 14.5 Å². The van der Waals surface area contributed by atoms with E-state index in [0.29, 0.717) is 24.4 Å². The van der Waals surface area contributed by atoms with E-state index in [4.69, 9.17) is 9.47 Å². The predicted octanol–water partition coefficient (Wildman–Crippen LogP) is 4.57. The Labute approximate surface area is 218 Å². The first kappa shape index (κ1) is 22.7. The summed E-state index contributed by atoms with van der Waals surface area (Å²) in [5.74, 6) is 0.0505. The number of rotatable bonds is 3. The number of nitrogens with zero attached hydrogens (tertiary/aromatic N) is 3. The molecule has 5 heterocycles. The molecule has 1 N–H and O–H groups in total. The van der Waals surface area contributed by atoms with Crippen LogP contribution in [0.25, 0.3) is 28.2 Å². The molecule has 1 unspecified atom stereocenters. The highest BCUT2D eigenvalue weighted by Crippen LogP contribution is 2.39. The van der Waals surface area contributed by atoms with Gasteiger partial charge in [-0.15, -0.1) is 0 Å². The van der Waals surface area contributed by atoms with Crippen LogP contribution in [0.5, 0.6) is 11.5 Å². The largest absolute Gasteiger partial charge is 0.507 e. The lowest BCUT2D eigenvalue weighted by molar-refractivity contribution is -0.0303. The topological polar surface area (TPSA) is 93.9 Å². The van der Waals surface area contributed by atoms with Gasteiger partial charge in [-0.25, -0.2) is 4.98 Å². The minimum absolute atomic E-state index is 0.0291. The molecule has 0 spiro atoms. The van der Waals surface area contributed by atoms with Crippen LogP contribution in [0.4, 0.5) is 0 Å². The van der Waals surface area contributed by atoms with E-state index in [2.05, 4.69) is 4.98 Å². The number of morpholine rings is 1. The van der Waals surface area contributed by atoms with Crippen LogP contribution in [0.2, 0.25) is 0 Å². The first-order valence-electron chi connectivity index (χ1n) is 12.7. The number of benzene rings is 2. The molecule has 38 heavy (non-hydrogen) atoms. The SMILES string of the molecule is Cn1cc(/C=C2\Oc3cccc(O)c3C2=O)c2c(-c3ccc(C(=O)N4CC5CC[C@@H](C4)O5)cc3)ccnc21. The average molecular weight is 508 g/mol. The van der Waals surface area contributed by atoms with Crippen molar-refractivity contribution < 1.29 is 24.2 Å². The smallest absolute Gasteiger partial charge is 0.254 e. The molecule has 2 atom stereocenters. The summed E-state index contributed by atoms with van der Waals surface area (Å²) in [5.41, 5.74) is 4.21. The highest BCUT2D eigenvalue weighted by molar-refractivity contribution is 6.17. The van der Waals surface area contributed by atoms with E-state index >= 15 is 0 Å². The summed E-state index contributed by atoms with van der Waals surface area (Å²) in [6.45, 7) is 1.29. The lowest BCUT2D eigenvalue weighted by Crippen LogP contribution is -2.45. The zero-order chi connectivity index (χ0) is 26.0. The van der Waals surface area contributed by atoms with Gasteiger partial charge in [-0.3, -0.25) is 9.59 Å². The third-order valence-electron chi connectivity index (χ3n) is 7.62. The maximum atomic E-state index is 13.2. The summed E-state index contributed by atoms with van der Waals surface area (Å²) >= 11 is 0. The molecule has 7 rings (SSSR count). The number of ketones is 1. The number of ether oxygens (including phenoxy) is 2. The Balaban J connectivity index is 1.23. The quantitative estimate of drug-likeness (QED) is 0.409. The Hall–Kier alpha value is -4.43. The number of hydrogen-bond donors (Lipinski definition) is 1. The highest BCUT2D eigenvalue weighted by atomic mass is 16.5. The summed E-state index contributed by atoms with van der Waals surface area (Å²) in [5, 5.41) is 11.0. The molecule has 8 heteroatoms. The van der Waals surface area contributed by atoms with Gasteiger partial charge in [-0.2, -0.15) is 0 Å². The molecule has 2 aromatic carbocycles. The van der Waals surface area contributed by atoms with Crippen LogP contribution in [-0.2, 0) is 11.8 Å². The van der Waals surface area contributed by atoms with Crippen LogP contribution in [0.15, 0.2) is 66.7 Å². The molecule has 0 aliphatic carbocycles. The maximum absolute atomic E-state index is 13.2. The van der Waals surface area contributed by atoms with E-state index in [0.717, 1.165) is 40.6 Å². The number of likely N-dealkylation sites (tertiary alicyclic amines) is 1. The van der Waals surface area contributed by atoms with Crippen molar-refractivity contribution in [2.75, 3.05) is 13.1 Å². The zero-order valence-electron chi connectivity index (χ0n) is 20.8. The second-order valence-corrected chi connectivity index (χ2v) is 10.1. The Morgan fingerprint density at radius 2 is 1.84 bits per heavy atom. The normalized spacial score (nSPS) is 21.2. The predicted molar refractivity (Wildman–Crippen MR) is 141 cm³/mol. The molecular weight excluding hydrogens is 482 g/mol. The number of phenols is 1. The molecule has 190 valence electrons. The summed E-state index contributed by atoms with van der Waals surface area (Å²) in [6.07, 6.45) is 7.69. The van der Waals surface area contributed by atoms with Crippen molar-refractivity contribution in [3.05, 3.63) is 83.4 Å². The third-order valence-corrected chi connectivity index (χ3v) is 7.62. The molecule has 8 nitrogen and oxygen atoms in total. The molecule has 0 saturated carbocycles. The van der Waals surface area contributed by atoms with E-state index in [9.17, 15) is 14.7 Å². The van der Waals surface area contributed by atoms with Gasteiger partial charge in [-0.05, 0) is 60.4 Å². The van der Waals surface area contributed by atoms with Crippen LogP contribution in [0.3, 0.4) is 0 Å². The van der Waals surface area contributed by atoms with Crippen molar-refractivity contribution in [1.29, 1.82) is 0 Å². The lowest BCUT2D eigenvalue weighted by atomic mass is 9.99. The number of aryl methyl sites for hydroxylation is 1. The summed E-state index contributed by atoms with van der Waals surface area (Å²) in [6, 6.07) is 14.3. The van der Waals surface area contributed by atoms with Crippen molar-refractivity contribution in [3.8, 4) is 22.6 Å². The van der Waals surface area contributed by atoms with Gasteiger partial charge < -0.3 is 24.0 Å². The molecule has 3 aliphatic heterocycles. The van der Waals surface area contributed by atoms with Gasteiger partial charge in [0.05, 0.1) is 12.2 Å². The Morgan fingerprint density at radius 1 is 1.08 bits per heavy atom. The van der Waals surface area contributed by atoms with Gasteiger partial charge in [0.25, 0.3) is 5.91 Å². The fourth-order valence-corrected chi connectivity index (χ4v) is 5.80. The van der Waals surface area contributed by atoms with E-state index in [-0.39, 0.29) is 41.0 Å². The lowest BCUT2D eigenvalue weighted by Gasteiger charge is -2.32. The Morgan fingerprint density at radius 3 is 2.58 bits per heavy atom. The van der Waals surface area contributed by atoms with Crippen molar-refractivity contribution >= 4 is 28.8 Å². The van der Waals surface area contributed by atoms with Crippen molar-refractivity contribution in [2.24, 2.45) is 7.05 Å². The molecular formula is C30H25N3O5. The maximum Gasteiger partial charge on any atom is 0.254 e. The molecule has 2 bridgehead atoms. The van der Waals surface area contributed by atoms with E-state index in [1.807, 2.05) is 53.0 Å². The number of carbonyl (C=O) groups is 2. The first-order valence-corrected chi connectivity index (χ1v) is 12.7. The first-order chi connectivity index (χ1) is 18.5. The minimum Gasteiger partial charge on any atom is -0.507 e. The second-order valence-electron chi connectivity index (χ2n) is 10.1. The molecule has 1 amide bonds. The summed E-state index contributed by atoms with van der Waals surface area (Å²) < 4.78 is 13.6. The molecule has 4 aromatic rings. The van der Waals surface area contributed by atoms with Crippen LogP contribution in [-0.4, -0.2) is 56.5 Å². The van der Waals surface area contributed by atoms with Crippen molar-refractivity contribution in [2.45, 2.75) is 25.0 Å². The van der Waals surface area contributed by atoms with Gasteiger partial charge in [0.1, 0.15) is 22.7 Å². The van der Waals surface area contributed by atoms with Crippen molar-refractivity contribution in [3.63, 3.8) is 0 Å². The number of pyridine rings is 1. The number of Topliss-reactive ketones (excluding diaryl/α,β-unsaturated/α-hetero) is 1. The second kappa shape index (κ2) is 8.56. The van der Waals surface area contributed by atoms with Gasteiger partial charge in [0.15, 0.2) is 5.76 Å². The number of allylic oxidation sites excluding steroid dienone is 1. The average Bonchev–Trinajstić information content (AvgIpc) is 3.56. The minimum atomic E-state index is -0.361. The molecule has 3 aliphatic rings. The van der Waals surface area contributed by atoms with Gasteiger partial charge in [0.2, 0.25) is 5.78 Å². The van der Waals surface area contributed by atoms with Crippen LogP contribution in [0, 0.1) is 0 Å².